The standard InChI is InChI=1S/C14H24N4O2S/c1-10(2)18-21(19,20)8-7-16-14(15)17-13-6-5-11(3)12(4)9-13/h5-6,9-10,18H,7-8H2,1-4H3,(H3,15,16,17). The highest BCUT2D eigenvalue weighted by molar-refractivity contribution is 7.89. The van der Waals surface area contributed by atoms with Crippen LogP contribution in [0, 0.1) is 13.8 Å². The molecule has 6 nitrogen and oxygen atoms in total. The summed E-state index contributed by atoms with van der Waals surface area (Å²) in [5.74, 6) is 0.124. The van der Waals surface area contributed by atoms with E-state index < -0.39 is 10.0 Å². The molecule has 0 bridgehead atoms. The van der Waals surface area contributed by atoms with E-state index in [1.807, 2.05) is 32.0 Å². The topological polar surface area (TPSA) is 96.6 Å². The predicted octanol–water partition coefficient (Wildman–Crippen LogP) is 1.36. The van der Waals surface area contributed by atoms with Gasteiger partial charge in [-0.25, -0.2) is 13.1 Å². The van der Waals surface area contributed by atoms with Crippen molar-refractivity contribution in [3.63, 3.8) is 0 Å². The molecule has 0 atom stereocenters. The highest BCUT2D eigenvalue weighted by Crippen LogP contribution is 2.13. The van der Waals surface area contributed by atoms with Crippen molar-refractivity contribution in [3.05, 3.63) is 29.3 Å². The quantitative estimate of drug-likeness (QED) is 0.546. The number of nitrogens with two attached hydrogens (primary N) is 1. The van der Waals surface area contributed by atoms with Gasteiger partial charge in [0.2, 0.25) is 10.0 Å². The van der Waals surface area contributed by atoms with E-state index in [4.69, 9.17) is 5.73 Å². The van der Waals surface area contributed by atoms with Crippen molar-refractivity contribution in [2.75, 3.05) is 17.6 Å². The molecule has 0 aliphatic carbocycles. The van der Waals surface area contributed by atoms with Crippen LogP contribution in [-0.2, 0) is 10.0 Å². The van der Waals surface area contributed by atoms with Crippen LogP contribution < -0.4 is 15.8 Å². The van der Waals surface area contributed by atoms with Crippen LogP contribution in [0.5, 0.6) is 0 Å². The van der Waals surface area contributed by atoms with Crippen LogP contribution in [0.15, 0.2) is 23.2 Å². The molecule has 4 N–H and O–H groups in total. The molecule has 7 heteroatoms. The van der Waals surface area contributed by atoms with Gasteiger partial charge in [-0.15, -0.1) is 0 Å². The zero-order valence-electron chi connectivity index (χ0n) is 13.0. The first-order valence-electron chi connectivity index (χ1n) is 6.84. The molecule has 0 spiro atoms. The largest absolute Gasteiger partial charge is 0.370 e. The third kappa shape index (κ3) is 6.59. The lowest BCUT2D eigenvalue weighted by Crippen LogP contribution is -2.33. The molecule has 0 fully saturated rings. The number of sulfonamides is 1. The fourth-order valence-corrected chi connectivity index (χ4v) is 2.88. The summed E-state index contributed by atoms with van der Waals surface area (Å²) in [6, 6.07) is 5.74. The number of rotatable bonds is 6. The van der Waals surface area contributed by atoms with Gasteiger partial charge in [-0.1, -0.05) is 6.07 Å². The molecule has 0 aliphatic rings. The average Bonchev–Trinajstić information content (AvgIpc) is 2.32. The Morgan fingerprint density at radius 3 is 2.52 bits per heavy atom. The van der Waals surface area contributed by atoms with Crippen LogP contribution in [0.1, 0.15) is 25.0 Å². The number of anilines is 1. The van der Waals surface area contributed by atoms with Gasteiger partial charge in [-0.3, -0.25) is 4.99 Å². The maximum absolute atomic E-state index is 11.6. The Balaban J connectivity index is 2.55. The van der Waals surface area contributed by atoms with Gasteiger partial charge in [-0.2, -0.15) is 0 Å². The SMILES string of the molecule is Cc1ccc(NC(N)=NCCS(=O)(=O)NC(C)C)cc1C. The van der Waals surface area contributed by atoms with Gasteiger partial charge in [0.15, 0.2) is 5.96 Å². The van der Waals surface area contributed by atoms with Crippen LogP contribution in [0.2, 0.25) is 0 Å². The first-order valence-corrected chi connectivity index (χ1v) is 8.49. The summed E-state index contributed by atoms with van der Waals surface area (Å²) in [5, 5.41) is 2.95. The van der Waals surface area contributed by atoms with E-state index in [0.29, 0.717) is 0 Å². The lowest BCUT2D eigenvalue weighted by atomic mass is 10.1. The summed E-state index contributed by atoms with van der Waals surface area (Å²) in [5.41, 5.74) is 8.93. The second-order valence-electron chi connectivity index (χ2n) is 5.28. The van der Waals surface area contributed by atoms with E-state index in [2.05, 4.69) is 15.0 Å². The van der Waals surface area contributed by atoms with Crippen LogP contribution in [0.3, 0.4) is 0 Å². The third-order valence-corrected chi connectivity index (χ3v) is 4.39. The highest BCUT2D eigenvalue weighted by Gasteiger charge is 2.10. The Kier molecular flexibility index (Phi) is 6.17. The zero-order valence-corrected chi connectivity index (χ0v) is 13.8. The molecule has 0 unspecified atom stereocenters. The highest BCUT2D eigenvalue weighted by atomic mass is 32.2. The second-order valence-corrected chi connectivity index (χ2v) is 7.16. The third-order valence-electron chi connectivity index (χ3n) is 2.84. The second kappa shape index (κ2) is 7.42. The van der Waals surface area contributed by atoms with E-state index in [9.17, 15) is 8.42 Å². The summed E-state index contributed by atoms with van der Waals surface area (Å²) >= 11 is 0. The molecular weight excluding hydrogens is 288 g/mol. The van der Waals surface area contributed by atoms with Crippen molar-refractivity contribution < 1.29 is 8.42 Å². The Morgan fingerprint density at radius 1 is 1.29 bits per heavy atom. The molecule has 0 aromatic heterocycles. The number of hydrogen-bond donors (Lipinski definition) is 3. The number of benzene rings is 1. The minimum Gasteiger partial charge on any atom is -0.370 e. The van der Waals surface area contributed by atoms with Gasteiger partial charge in [0.1, 0.15) is 0 Å². The fraction of sp³-hybridized carbons (Fsp3) is 0.500. The Morgan fingerprint density at radius 2 is 1.95 bits per heavy atom. The Labute approximate surface area is 126 Å². The van der Waals surface area contributed by atoms with Crippen molar-refractivity contribution in [2.45, 2.75) is 33.7 Å². The zero-order chi connectivity index (χ0) is 16.0. The lowest BCUT2D eigenvalue weighted by molar-refractivity contribution is 0.570. The number of hydrogen-bond acceptors (Lipinski definition) is 3. The minimum absolute atomic E-state index is 0.0829. The van der Waals surface area contributed by atoms with Crippen LogP contribution in [0.25, 0.3) is 0 Å². The Hall–Kier alpha value is -1.60. The lowest BCUT2D eigenvalue weighted by Gasteiger charge is -2.09. The van der Waals surface area contributed by atoms with Crippen molar-refractivity contribution in [1.29, 1.82) is 0 Å². The summed E-state index contributed by atoms with van der Waals surface area (Å²) < 4.78 is 25.7. The molecule has 0 amide bonds. The van der Waals surface area contributed by atoms with Crippen molar-refractivity contribution >= 4 is 21.7 Å². The monoisotopic (exact) mass is 312 g/mol. The molecule has 118 valence electrons. The Bertz CT molecular complexity index is 609. The van der Waals surface area contributed by atoms with Gasteiger partial charge in [0.05, 0.1) is 12.3 Å². The van der Waals surface area contributed by atoms with Crippen LogP contribution >= 0.6 is 0 Å². The smallest absolute Gasteiger partial charge is 0.213 e. The van der Waals surface area contributed by atoms with E-state index in [-0.39, 0.29) is 24.3 Å². The van der Waals surface area contributed by atoms with Crippen LogP contribution in [-0.4, -0.2) is 32.7 Å². The summed E-state index contributed by atoms with van der Waals surface area (Å²) in [6.07, 6.45) is 0. The molecule has 1 rings (SSSR count). The molecule has 0 aliphatic heterocycles. The van der Waals surface area contributed by atoms with Crippen molar-refractivity contribution in [2.24, 2.45) is 10.7 Å². The molecule has 0 saturated carbocycles. The van der Waals surface area contributed by atoms with E-state index in [1.54, 1.807) is 13.8 Å². The summed E-state index contributed by atoms with van der Waals surface area (Å²) in [7, 11) is -3.30. The van der Waals surface area contributed by atoms with Crippen molar-refractivity contribution in [3.8, 4) is 0 Å². The maximum atomic E-state index is 11.6. The fourth-order valence-electron chi connectivity index (χ4n) is 1.71. The minimum atomic E-state index is -3.30. The molecule has 1 aromatic rings. The van der Waals surface area contributed by atoms with Crippen molar-refractivity contribution in [1.82, 2.24) is 4.72 Å². The number of nitrogens with zero attached hydrogens (tertiary/aromatic N) is 1. The van der Waals surface area contributed by atoms with Gasteiger partial charge in [0.25, 0.3) is 0 Å². The van der Waals surface area contributed by atoms with E-state index in [0.717, 1.165) is 11.3 Å². The molecular formula is C14H24N4O2S. The molecule has 1 aromatic carbocycles. The summed E-state index contributed by atoms with van der Waals surface area (Å²) in [4.78, 5) is 4.03. The number of nitrogens with one attached hydrogen (secondary N) is 2. The molecule has 0 saturated heterocycles. The molecule has 0 heterocycles. The normalized spacial score (nSPS) is 12.7. The van der Waals surface area contributed by atoms with E-state index in [1.165, 1.54) is 5.56 Å². The van der Waals surface area contributed by atoms with E-state index >= 15 is 0 Å². The predicted molar refractivity (Wildman–Crippen MR) is 88.1 cm³/mol. The number of aliphatic imine (C=N–C) groups is 1. The number of aryl methyl sites for hydroxylation is 2. The van der Waals surface area contributed by atoms with Gasteiger partial charge < -0.3 is 11.1 Å². The molecule has 0 radical (unpaired) electrons. The van der Waals surface area contributed by atoms with Gasteiger partial charge in [-0.05, 0) is 51.0 Å². The number of guanidine groups is 1. The first-order chi connectivity index (χ1) is 9.69. The molecule has 21 heavy (non-hydrogen) atoms. The van der Waals surface area contributed by atoms with Crippen LogP contribution in [0.4, 0.5) is 5.69 Å². The first kappa shape index (κ1) is 17.5. The summed E-state index contributed by atoms with van der Waals surface area (Å²) in [6.45, 7) is 7.71. The average molecular weight is 312 g/mol. The maximum Gasteiger partial charge on any atom is 0.213 e. The van der Waals surface area contributed by atoms with Gasteiger partial charge >= 0.3 is 0 Å². The van der Waals surface area contributed by atoms with Gasteiger partial charge in [0, 0.05) is 11.7 Å².